The van der Waals surface area contributed by atoms with E-state index < -0.39 is 0 Å². The molecule has 0 unspecified atom stereocenters. The fourth-order valence-electron chi connectivity index (χ4n) is 3.78. The third-order valence-corrected chi connectivity index (χ3v) is 5.68. The molecule has 1 aliphatic carbocycles. The van der Waals surface area contributed by atoms with Crippen molar-refractivity contribution in [1.29, 1.82) is 0 Å². The Hall–Kier alpha value is -3.09. The number of rotatable bonds is 5. The summed E-state index contributed by atoms with van der Waals surface area (Å²) in [6.45, 7) is 2.39. The van der Waals surface area contributed by atoms with Crippen LogP contribution in [0, 0.1) is 5.92 Å². The maximum absolute atomic E-state index is 12.2. The molecule has 0 bridgehead atoms. The lowest BCUT2D eigenvalue weighted by Crippen LogP contribution is -2.50. The van der Waals surface area contributed by atoms with E-state index in [1.165, 1.54) is 19.3 Å². The van der Waals surface area contributed by atoms with Crippen LogP contribution in [-0.4, -0.2) is 37.8 Å². The van der Waals surface area contributed by atoms with Gasteiger partial charge in [0, 0.05) is 55.1 Å². The Bertz CT molecular complexity index is 1020. The van der Waals surface area contributed by atoms with Gasteiger partial charge in [0.2, 0.25) is 0 Å². The molecule has 142 valence electrons. The van der Waals surface area contributed by atoms with Crippen LogP contribution in [0.3, 0.4) is 0 Å². The summed E-state index contributed by atoms with van der Waals surface area (Å²) < 4.78 is 1.58. The van der Waals surface area contributed by atoms with E-state index in [1.54, 1.807) is 29.2 Å². The van der Waals surface area contributed by atoms with E-state index in [-0.39, 0.29) is 5.56 Å². The molecular weight excluding hydrogens is 352 g/mol. The highest BCUT2D eigenvalue weighted by Crippen LogP contribution is 2.35. The Morgan fingerprint density at radius 2 is 1.82 bits per heavy atom. The van der Waals surface area contributed by atoms with Crippen LogP contribution >= 0.6 is 0 Å². The summed E-state index contributed by atoms with van der Waals surface area (Å²) in [5.41, 5.74) is 1.69. The van der Waals surface area contributed by atoms with E-state index in [2.05, 4.69) is 20.0 Å². The number of hydrogen-bond donors (Lipinski definition) is 0. The van der Waals surface area contributed by atoms with Gasteiger partial charge in [0.1, 0.15) is 11.6 Å². The Balaban J connectivity index is 1.26. The fourth-order valence-corrected chi connectivity index (χ4v) is 3.78. The van der Waals surface area contributed by atoms with Gasteiger partial charge in [0.25, 0.3) is 5.56 Å². The summed E-state index contributed by atoms with van der Waals surface area (Å²) in [5, 5.41) is 4.55. The SMILES string of the molecule is O=c1ccc(-c2ccncc2)nn1CC1CN(c2ccnc(C3CCC3)n2)C1. The zero-order valence-electron chi connectivity index (χ0n) is 15.6. The van der Waals surface area contributed by atoms with Crippen LogP contribution in [0.25, 0.3) is 11.3 Å². The third-order valence-electron chi connectivity index (χ3n) is 5.68. The minimum atomic E-state index is -0.0643. The molecule has 0 atom stereocenters. The van der Waals surface area contributed by atoms with E-state index in [0.29, 0.717) is 18.4 Å². The summed E-state index contributed by atoms with van der Waals surface area (Å²) in [4.78, 5) is 27.7. The highest BCUT2D eigenvalue weighted by atomic mass is 16.1. The molecule has 0 aromatic carbocycles. The molecule has 0 N–H and O–H groups in total. The van der Waals surface area contributed by atoms with E-state index >= 15 is 0 Å². The lowest BCUT2D eigenvalue weighted by molar-refractivity contribution is 0.332. The third kappa shape index (κ3) is 3.28. The second-order valence-electron chi connectivity index (χ2n) is 7.65. The molecule has 2 fully saturated rings. The first-order chi connectivity index (χ1) is 13.8. The van der Waals surface area contributed by atoms with Crippen molar-refractivity contribution in [2.45, 2.75) is 31.7 Å². The molecule has 1 saturated heterocycles. The zero-order valence-corrected chi connectivity index (χ0v) is 15.6. The minimum Gasteiger partial charge on any atom is -0.356 e. The van der Waals surface area contributed by atoms with Gasteiger partial charge in [-0.05, 0) is 37.1 Å². The van der Waals surface area contributed by atoms with Gasteiger partial charge in [-0.25, -0.2) is 14.6 Å². The number of anilines is 1. The maximum Gasteiger partial charge on any atom is 0.266 e. The van der Waals surface area contributed by atoms with E-state index in [4.69, 9.17) is 4.98 Å². The van der Waals surface area contributed by atoms with E-state index in [9.17, 15) is 4.79 Å². The molecule has 7 nitrogen and oxygen atoms in total. The fraction of sp³-hybridized carbons (Fsp3) is 0.381. The molecular formula is C21H22N6O. The van der Waals surface area contributed by atoms with Gasteiger partial charge in [-0.1, -0.05) is 6.42 Å². The standard InChI is InChI=1S/C21H22N6O/c28-20-5-4-18(16-6-9-22-10-7-16)25-27(20)14-15-12-26(13-15)19-8-11-23-21(24-19)17-2-1-3-17/h4-11,15,17H,1-3,12-14H2. The topological polar surface area (TPSA) is 76.8 Å². The molecule has 1 saturated carbocycles. The van der Waals surface area contributed by atoms with Crippen LogP contribution in [-0.2, 0) is 6.54 Å². The summed E-state index contributed by atoms with van der Waals surface area (Å²) in [6.07, 6.45) is 9.02. The maximum atomic E-state index is 12.2. The largest absolute Gasteiger partial charge is 0.356 e. The van der Waals surface area contributed by atoms with Gasteiger partial charge >= 0.3 is 0 Å². The van der Waals surface area contributed by atoms with Crippen molar-refractivity contribution in [2.24, 2.45) is 5.92 Å². The smallest absolute Gasteiger partial charge is 0.266 e. The van der Waals surface area contributed by atoms with Crippen LogP contribution in [0.2, 0.25) is 0 Å². The Morgan fingerprint density at radius 1 is 1.00 bits per heavy atom. The van der Waals surface area contributed by atoms with Gasteiger partial charge in [0.05, 0.1) is 12.2 Å². The number of pyridine rings is 1. The van der Waals surface area contributed by atoms with Crippen molar-refractivity contribution in [3.8, 4) is 11.3 Å². The molecule has 2 aliphatic rings. The predicted octanol–water partition coefficient (Wildman–Crippen LogP) is 2.50. The molecule has 7 heteroatoms. The average Bonchev–Trinajstić information content (AvgIpc) is 2.65. The first-order valence-electron chi connectivity index (χ1n) is 9.83. The normalized spacial score (nSPS) is 17.2. The van der Waals surface area contributed by atoms with Crippen molar-refractivity contribution in [3.05, 3.63) is 65.1 Å². The second kappa shape index (κ2) is 7.14. The number of nitrogens with zero attached hydrogens (tertiary/aromatic N) is 6. The molecule has 3 aromatic rings. The highest BCUT2D eigenvalue weighted by molar-refractivity contribution is 5.57. The highest BCUT2D eigenvalue weighted by Gasteiger charge is 2.30. The van der Waals surface area contributed by atoms with E-state index in [0.717, 1.165) is 36.0 Å². The molecule has 3 aromatic heterocycles. The lowest BCUT2D eigenvalue weighted by atomic mass is 9.85. The van der Waals surface area contributed by atoms with E-state index in [1.807, 2.05) is 24.4 Å². The molecule has 0 radical (unpaired) electrons. The first-order valence-corrected chi connectivity index (χ1v) is 9.83. The molecule has 1 aliphatic heterocycles. The Morgan fingerprint density at radius 3 is 2.57 bits per heavy atom. The van der Waals surface area contributed by atoms with Gasteiger partial charge in [0.15, 0.2) is 0 Å². The number of aromatic nitrogens is 5. The van der Waals surface area contributed by atoms with Crippen molar-refractivity contribution in [3.63, 3.8) is 0 Å². The first kappa shape index (κ1) is 17.0. The Labute approximate surface area is 163 Å². The van der Waals surface area contributed by atoms with Gasteiger partial charge in [-0.3, -0.25) is 9.78 Å². The van der Waals surface area contributed by atoms with Crippen molar-refractivity contribution >= 4 is 5.82 Å². The van der Waals surface area contributed by atoms with Crippen LogP contribution < -0.4 is 10.5 Å². The summed E-state index contributed by atoms with van der Waals surface area (Å²) in [5.74, 6) is 2.91. The molecule has 0 amide bonds. The molecule has 4 heterocycles. The lowest BCUT2D eigenvalue weighted by Gasteiger charge is -2.40. The summed E-state index contributed by atoms with van der Waals surface area (Å²) >= 11 is 0. The van der Waals surface area contributed by atoms with Crippen LogP contribution in [0.5, 0.6) is 0 Å². The summed E-state index contributed by atoms with van der Waals surface area (Å²) in [6, 6.07) is 9.14. The van der Waals surface area contributed by atoms with Crippen molar-refractivity contribution < 1.29 is 0 Å². The molecule has 0 spiro atoms. The van der Waals surface area contributed by atoms with Gasteiger partial charge in [-0.15, -0.1) is 0 Å². The van der Waals surface area contributed by atoms with Crippen molar-refractivity contribution in [2.75, 3.05) is 18.0 Å². The Kier molecular flexibility index (Phi) is 4.35. The van der Waals surface area contributed by atoms with Gasteiger partial charge < -0.3 is 4.90 Å². The predicted molar refractivity (Wildman–Crippen MR) is 106 cm³/mol. The second-order valence-corrected chi connectivity index (χ2v) is 7.65. The molecule has 28 heavy (non-hydrogen) atoms. The summed E-state index contributed by atoms with van der Waals surface area (Å²) in [7, 11) is 0. The monoisotopic (exact) mass is 374 g/mol. The van der Waals surface area contributed by atoms with Crippen molar-refractivity contribution in [1.82, 2.24) is 24.7 Å². The average molecular weight is 374 g/mol. The van der Waals surface area contributed by atoms with Crippen LogP contribution in [0.1, 0.15) is 31.0 Å². The minimum absolute atomic E-state index is 0.0643. The number of hydrogen-bond acceptors (Lipinski definition) is 6. The van der Waals surface area contributed by atoms with Crippen LogP contribution in [0.4, 0.5) is 5.82 Å². The molecule has 5 rings (SSSR count). The quantitative estimate of drug-likeness (QED) is 0.683. The zero-order chi connectivity index (χ0) is 18.9. The van der Waals surface area contributed by atoms with Crippen LogP contribution in [0.15, 0.2) is 53.7 Å². The van der Waals surface area contributed by atoms with Gasteiger partial charge in [-0.2, -0.15) is 5.10 Å².